The van der Waals surface area contributed by atoms with Crippen molar-refractivity contribution in [3.8, 4) is 6.07 Å². The van der Waals surface area contributed by atoms with Gasteiger partial charge in [0.15, 0.2) is 0 Å². The third-order valence-electron chi connectivity index (χ3n) is 4.13. The Labute approximate surface area is 128 Å². The van der Waals surface area contributed by atoms with Gasteiger partial charge in [-0.15, -0.1) is 0 Å². The number of hydrogen-bond acceptors (Lipinski definition) is 5. The van der Waals surface area contributed by atoms with E-state index in [1.807, 2.05) is 0 Å². The number of nitriles is 1. The van der Waals surface area contributed by atoms with Crippen molar-refractivity contribution in [3.63, 3.8) is 0 Å². The van der Waals surface area contributed by atoms with Gasteiger partial charge in [0.2, 0.25) is 0 Å². The van der Waals surface area contributed by atoms with Crippen LogP contribution in [0.5, 0.6) is 0 Å². The first kappa shape index (κ1) is 18.4. The highest BCUT2D eigenvalue weighted by Crippen LogP contribution is 2.37. The highest BCUT2D eigenvalue weighted by Gasteiger charge is 2.42. The van der Waals surface area contributed by atoms with Crippen molar-refractivity contribution in [1.29, 1.82) is 5.26 Å². The maximum Gasteiger partial charge on any atom is 0.109 e. The van der Waals surface area contributed by atoms with Gasteiger partial charge in [-0.3, -0.25) is 5.32 Å². The van der Waals surface area contributed by atoms with Gasteiger partial charge in [-0.2, -0.15) is 5.26 Å². The largest absolute Gasteiger partial charge is 0.382 e. The van der Waals surface area contributed by atoms with Crippen LogP contribution in [0.15, 0.2) is 0 Å². The zero-order valence-electron chi connectivity index (χ0n) is 13.5. The van der Waals surface area contributed by atoms with E-state index < -0.39 is 0 Å². The Hall–Kier alpha value is -0.670. The predicted molar refractivity (Wildman–Crippen MR) is 82.1 cm³/mol. The Kier molecular flexibility index (Phi) is 9.60. The van der Waals surface area contributed by atoms with Gasteiger partial charge in [-0.05, 0) is 38.1 Å². The summed E-state index contributed by atoms with van der Waals surface area (Å²) in [5, 5.41) is 13.0. The lowest BCUT2D eigenvalue weighted by Crippen LogP contribution is -2.47. The lowest BCUT2D eigenvalue weighted by Gasteiger charge is -2.30. The molecule has 122 valence electrons. The maximum absolute atomic E-state index is 9.55. The number of rotatable bonds is 12. The molecule has 0 aliphatic heterocycles. The molecule has 1 aliphatic carbocycles. The van der Waals surface area contributed by atoms with Gasteiger partial charge >= 0.3 is 0 Å². The van der Waals surface area contributed by atoms with Crippen molar-refractivity contribution in [2.75, 3.05) is 46.7 Å². The van der Waals surface area contributed by atoms with Crippen molar-refractivity contribution in [3.05, 3.63) is 0 Å². The van der Waals surface area contributed by atoms with Crippen LogP contribution in [0.3, 0.4) is 0 Å². The molecule has 0 heterocycles. The average Bonchev–Trinajstić information content (AvgIpc) is 2.91. The van der Waals surface area contributed by atoms with Crippen LogP contribution < -0.4 is 5.32 Å². The number of hydrogen-bond donors (Lipinski definition) is 1. The van der Waals surface area contributed by atoms with Crippen LogP contribution in [0.25, 0.3) is 0 Å². The van der Waals surface area contributed by atoms with Crippen LogP contribution in [0.2, 0.25) is 0 Å². The fourth-order valence-electron chi connectivity index (χ4n) is 2.93. The Morgan fingerprint density at radius 1 is 1.19 bits per heavy atom. The summed E-state index contributed by atoms with van der Waals surface area (Å²) < 4.78 is 15.9. The smallest absolute Gasteiger partial charge is 0.109 e. The minimum Gasteiger partial charge on any atom is -0.382 e. The van der Waals surface area contributed by atoms with Gasteiger partial charge in [0.1, 0.15) is 5.54 Å². The fourth-order valence-corrected chi connectivity index (χ4v) is 2.93. The summed E-state index contributed by atoms with van der Waals surface area (Å²) in [5.74, 6) is 0.406. The molecular weight excluding hydrogens is 268 g/mol. The van der Waals surface area contributed by atoms with Crippen LogP contribution >= 0.6 is 0 Å². The minimum atomic E-state index is -0.325. The number of nitrogens with one attached hydrogen (secondary N) is 1. The Balaban J connectivity index is 2.16. The topological polar surface area (TPSA) is 63.5 Å². The van der Waals surface area contributed by atoms with Crippen molar-refractivity contribution in [2.24, 2.45) is 5.92 Å². The van der Waals surface area contributed by atoms with E-state index in [9.17, 15) is 5.26 Å². The standard InChI is InChI=1S/C16H30N2O3/c1-3-8-18-16(14-17)7-4-5-15(16)6-9-20-12-13-21-11-10-19-2/h15,18H,3-13H2,1-2H3. The molecule has 0 spiro atoms. The van der Waals surface area contributed by atoms with Crippen molar-refractivity contribution < 1.29 is 14.2 Å². The quantitative estimate of drug-likeness (QED) is 0.559. The molecule has 0 saturated heterocycles. The molecule has 1 fully saturated rings. The molecule has 0 bridgehead atoms. The highest BCUT2D eigenvalue weighted by molar-refractivity contribution is 5.13. The van der Waals surface area contributed by atoms with Crippen LogP contribution in [0.4, 0.5) is 0 Å². The minimum absolute atomic E-state index is 0.325. The summed E-state index contributed by atoms with van der Waals surface area (Å²) in [6, 6.07) is 2.53. The molecule has 2 atom stereocenters. The molecule has 0 aromatic rings. The summed E-state index contributed by atoms with van der Waals surface area (Å²) in [6.45, 7) is 6.20. The monoisotopic (exact) mass is 298 g/mol. The van der Waals surface area contributed by atoms with Gasteiger partial charge in [0, 0.05) is 13.7 Å². The first-order valence-corrected chi connectivity index (χ1v) is 8.09. The second kappa shape index (κ2) is 11.0. The maximum atomic E-state index is 9.55. The van der Waals surface area contributed by atoms with Gasteiger partial charge in [-0.1, -0.05) is 13.3 Å². The number of methoxy groups -OCH3 is 1. The van der Waals surface area contributed by atoms with Crippen molar-refractivity contribution in [2.45, 2.75) is 44.6 Å². The predicted octanol–water partition coefficient (Wildman–Crippen LogP) is 2.12. The summed E-state index contributed by atoms with van der Waals surface area (Å²) in [5.41, 5.74) is -0.325. The van der Waals surface area contributed by atoms with Crippen LogP contribution in [-0.4, -0.2) is 52.2 Å². The molecule has 1 N–H and O–H groups in total. The Morgan fingerprint density at radius 2 is 1.90 bits per heavy atom. The highest BCUT2D eigenvalue weighted by atomic mass is 16.5. The molecule has 1 aliphatic rings. The van der Waals surface area contributed by atoms with Crippen LogP contribution in [0, 0.1) is 17.2 Å². The SMILES string of the molecule is CCCNC1(C#N)CCCC1CCOCCOCCOC. The van der Waals surface area contributed by atoms with E-state index in [-0.39, 0.29) is 5.54 Å². The van der Waals surface area contributed by atoms with Crippen molar-refractivity contribution >= 4 is 0 Å². The van der Waals surface area contributed by atoms with E-state index in [1.54, 1.807) is 7.11 Å². The molecule has 2 unspecified atom stereocenters. The first-order chi connectivity index (χ1) is 10.3. The molecule has 0 aromatic carbocycles. The third kappa shape index (κ3) is 6.31. The summed E-state index contributed by atoms with van der Waals surface area (Å²) in [4.78, 5) is 0. The van der Waals surface area contributed by atoms with Gasteiger partial charge in [0.25, 0.3) is 0 Å². The fraction of sp³-hybridized carbons (Fsp3) is 0.938. The molecule has 1 rings (SSSR count). The summed E-state index contributed by atoms with van der Waals surface area (Å²) >= 11 is 0. The first-order valence-electron chi connectivity index (χ1n) is 8.09. The van der Waals surface area contributed by atoms with Crippen LogP contribution in [0.1, 0.15) is 39.0 Å². The normalized spacial score (nSPS) is 25.1. The number of nitrogens with zero attached hydrogens (tertiary/aromatic N) is 1. The Morgan fingerprint density at radius 3 is 2.57 bits per heavy atom. The number of ether oxygens (including phenoxy) is 3. The van der Waals surface area contributed by atoms with E-state index in [4.69, 9.17) is 14.2 Å². The van der Waals surface area contributed by atoms with E-state index in [1.165, 1.54) is 0 Å². The lowest BCUT2D eigenvalue weighted by atomic mass is 9.86. The van der Waals surface area contributed by atoms with E-state index in [0.717, 1.165) is 38.6 Å². The molecule has 0 radical (unpaired) electrons. The molecule has 0 aromatic heterocycles. The second-order valence-electron chi connectivity index (χ2n) is 5.61. The van der Waals surface area contributed by atoms with E-state index >= 15 is 0 Å². The Bertz CT molecular complexity index is 306. The molecule has 5 heteroatoms. The third-order valence-corrected chi connectivity index (χ3v) is 4.13. The molecule has 21 heavy (non-hydrogen) atoms. The molecule has 1 saturated carbocycles. The molecule has 0 amide bonds. The average molecular weight is 298 g/mol. The van der Waals surface area contributed by atoms with Gasteiger partial charge in [-0.25, -0.2) is 0 Å². The second-order valence-corrected chi connectivity index (χ2v) is 5.61. The van der Waals surface area contributed by atoms with Gasteiger partial charge < -0.3 is 14.2 Å². The molecular formula is C16H30N2O3. The zero-order chi connectivity index (χ0) is 15.4. The zero-order valence-corrected chi connectivity index (χ0v) is 13.5. The molecule has 5 nitrogen and oxygen atoms in total. The van der Waals surface area contributed by atoms with Gasteiger partial charge in [0.05, 0.1) is 32.5 Å². The summed E-state index contributed by atoms with van der Waals surface area (Å²) in [6.07, 6.45) is 5.23. The van der Waals surface area contributed by atoms with Crippen LogP contribution in [-0.2, 0) is 14.2 Å². The van der Waals surface area contributed by atoms with Crippen molar-refractivity contribution in [1.82, 2.24) is 5.32 Å². The van der Waals surface area contributed by atoms with E-state index in [0.29, 0.717) is 39.0 Å². The lowest BCUT2D eigenvalue weighted by molar-refractivity contribution is 0.0205. The van der Waals surface area contributed by atoms with E-state index in [2.05, 4.69) is 18.3 Å². The summed E-state index contributed by atoms with van der Waals surface area (Å²) in [7, 11) is 1.66.